The molecule has 0 aromatic heterocycles. The van der Waals surface area contributed by atoms with E-state index in [0.717, 1.165) is 15.7 Å². The molecule has 0 saturated carbocycles. The van der Waals surface area contributed by atoms with Crippen LogP contribution in [0.2, 0.25) is 0 Å². The number of benzene rings is 2. The molecule has 7 heteroatoms. The van der Waals surface area contributed by atoms with Crippen molar-refractivity contribution in [3.63, 3.8) is 0 Å². The fraction of sp³-hybridized carbons (Fsp3) is 0. The minimum absolute atomic E-state index is 0.0654. The molecule has 0 fully saturated rings. The minimum Gasteiger partial charge on any atom is -0.379 e. The molecule has 0 saturated heterocycles. The van der Waals surface area contributed by atoms with Crippen molar-refractivity contribution in [2.45, 2.75) is 4.90 Å². The van der Waals surface area contributed by atoms with Gasteiger partial charge in [0.05, 0.1) is 0 Å². The lowest BCUT2D eigenvalue weighted by Crippen LogP contribution is -2.11. The van der Waals surface area contributed by atoms with Crippen LogP contribution in [0.25, 0.3) is 0 Å². The van der Waals surface area contributed by atoms with E-state index in [1.807, 2.05) is 22.6 Å². The van der Waals surface area contributed by atoms with Crippen LogP contribution in [-0.4, -0.2) is 8.42 Å². The summed E-state index contributed by atoms with van der Waals surface area (Å²) in [4.78, 5) is -0.701. The summed E-state index contributed by atoms with van der Waals surface area (Å²) < 4.78 is 55.4. The first-order valence-electron chi connectivity index (χ1n) is 5.03. The van der Waals surface area contributed by atoms with E-state index < -0.39 is 26.6 Å². The summed E-state index contributed by atoms with van der Waals surface area (Å²) in [5.41, 5.74) is 0. The third kappa shape index (κ3) is 3.41. The fourth-order valence-corrected chi connectivity index (χ4v) is 2.86. The summed E-state index contributed by atoms with van der Waals surface area (Å²) in [6.07, 6.45) is 0. The SMILES string of the molecule is O=S(=O)(Oc1cccc(I)c1)c1ccc(F)cc1F. The van der Waals surface area contributed by atoms with Gasteiger partial charge in [-0.2, -0.15) is 8.42 Å². The summed E-state index contributed by atoms with van der Waals surface area (Å²) >= 11 is 1.98. The van der Waals surface area contributed by atoms with Gasteiger partial charge in [-0.3, -0.25) is 0 Å². The van der Waals surface area contributed by atoms with Crippen LogP contribution in [0, 0.1) is 15.2 Å². The lowest BCUT2D eigenvalue weighted by atomic mass is 10.3. The molecule has 0 heterocycles. The van der Waals surface area contributed by atoms with Crippen LogP contribution in [0.4, 0.5) is 8.78 Å². The van der Waals surface area contributed by atoms with Crippen LogP contribution < -0.4 is 4.18 Å². The molecule has 19 heavy (non-hydrogen) atoms. The Morgan fingerprint density at radius 3 is 2.42 bits per heavy atom. The van der Waals surface area contributed by atoms with Crippen molar-refractivity contribution >= 4 is 32.7 Å². The summed E-state index contributed by atoms with van der Waals surface area (Å²) in [5, 5.41) is 0. The summed E-state index contributed by atoms with van der Waals surface area (Å²) in [6, 6.07) is 8.44. The zero-order chi connectivity index (χ0) is 14.0. The van der Waals surface area contributed by atoms with Crippen molar-refractivity contribution in [3.8, 4) is 5.75 Å². The molecule has 0 unspecified atom stereocenters. The van der Waals surface area contributed by atoms with E-state index in [1.54, 1.807) is 12.1 Å². The molecule has 0 aliphatic rings. The molecule has 0 atom stereocenters. The Labute approximate surface area is 122 Å². The summed E-state index contributed by atoms with van der Waals surface area (Å²) in [5.74, 6) is -1.98. The molecule has 0 N–H and O–H groups in total. The maximum atomic E-state index is 13.4. The van der Waals surface area contributed by atoms with Crippen LogP contribution >= 0.6 is 22.6 Å². The summed E-state index contributed by atoms with van der Waals surface area (Å²) in [7, 11) is -4.32. The van der Waals surface area contributed by atoms with Crippen LogP contribution in [0.3, 0.4) is 0 Å². The third-order valence-electron chi connectivity index (χ3n) is 2.17. The van der Waals surface area contributed by atoms with Crippen LogP contribution in [0.1, 0.15) is 0 Å². The van der Waals surface area contributed by atoms with Crippen molar-refractivity contribution in [1.29, 1.82) is 0 Å². The predicted molar refractivity (Wildman–Crippen MR) is 73.3 cm³/mol. The van der Waals surface area contributed by atoms with Crippen LogP contribution in [0.15, 0.2) is 47.4 Å². The zero-order valence-corrected chi connectivity index (χ0v) is 12.3. The van der Waals surface area contributed by atoms with Crippen molar-refractivity contribution in [1.82, 2.24) is 0 Å². The molecule has 0 amide bonds. The fourth-order valence-electron chi connectivity index (χ4n) is 1.37. The Kier molecular flexibility index (Phi) is 4.04. The Hall–Kier alpha value is -1.22. The van der Waals surface area contributed by atoms with Gasteiger partial charge in [-0.05, 0) is 52.9 Å². The number of hydrogen-bond donors (Lipinski definition) is 0. The van der Waals surface area contributed by atoms with Gasteiger partial charge in [0, 0.05) is 9.64 Å². The Bertz CT molecular complexity index is 717. The maximum absolute atomic E-state index is 13.4. The molecule has 2 rings (SSSR count). The molecule has 3 nitrogen and oxygen atoms in total. The maximum Gasteiger partial charge on any atom is 0.342 e. The molecular weight excluding hydrogens is 389 g/mol. The van der Waals surface area contributed by atoms with Crippen molar-refractivity contribution in [2.24, 2.45) is 0 Å². The average Bonchev–Trinajstić information content (AvgIpc) is 2.27. The average molecular weight is 396 g/mol. The molecule has 2 aromatic carbocycles. The quantitative estimate of drug-likeness (QED) is 0.591. The molecule has 0 spiro atoms. The molecule has 0 bridgehead atoms. The van der Waals surface area contributed by atoms with Gasteiger partial charge in [-0.25, -0.2) is 8.78 Å². The van der Waals surface area contributed by atoms with Gasteiger partial charge in [-0.15, -0.1) is 0 Å². The van der Waals surface area contributed by atoms with Gasteiger partial charge in [0.2, 0.25) is 0 Å². The van der Waals surface area contributed by atoms with Crippen LogP contribution in [0.5, 0.6) is 5.75 Å². The second-order valence-corrected chi connectivity index (χ2v) is 6.33. The lowest BCUT2D eigenvalue weighted by Gasteiger charge is -2.08. The first-order chi connectivity index (χ1) is 8.88. The first kappa shape index (κ1) is 14.2. The lowest BCUT2D eigenvalue weighted by molar-refractivity contribution is 0.474. The van der Waals surface area contributed by atoms with E-state index in [9.17, 15) is 17.2 Å². The van der Waals surface area contributed by atoms with E-state index in [1.165, 1.54) is 12.1 Å². The van der Waals surface area contributed by atoms with Gasteiger partial charge < -0.3 is 4.18 Å². The van der Waals surface area contributed by atoms with Crippen molar-refractivity contribution in [3.05, 3.63) is 57.7 Å². The number of rotatable bonds is 3. The molecular formula is C12H7F2IO3S. The highest BCUT2D eigenvalue weighted by atomic mass is 127. The van der Waals surface area contributed by atoms with E-state index in [-0.39, 0.29) is 5.75 Å². The normalized spacial score (nSPS) is 11.3. The van der Waals surface area contributed by atoms with Crippen molar-refractivity contribution < 1.29 is 21.4 Å². The number of hydrogen-bond acceptors (Lipinski definition) is 3. The molecule has 2 aromatic rings. The van der Waals surface area contributed by atoms with E-state index in [4.69, 9.17) is 4.18 Å². The zero-order valence-electron chi connectivity index (χ0n) is 9.31. The largest absolute Gasteiger partial charge is 0.379 e. The van der Waals surface area contributed by atoms with Gasteiger partial charge in [0.25, 0.3) is 0 Å². The molecule has 100 valence electrons. The predicted octanol–water partition coefficient (Wildman–Crippen LogP) is 3.34. The van der Waals surface area contributed by atoms with E-state index in [2.05, 4.69) is 0 Å². The Morgan fingerprint density at radius 1 is 1.05 bits per heavy atom. The highest BCUT2D eigenvalue weighted by Crippen LogP contribution is 2.22. The van der Waals surface area contributed by atoms with Gasteiger partial charge >= 0.3 is 10.1 Å². The van der Waals surface area contributed by atoms with Gasteiger partial charge in [0.1, 0.15) is 22.3 Å². The van der Waals surface area contributed by atoms with E-state index in [0.29, 0.717) is 6.07 Å². The number of halogens is 3. The highest BCUT2D eigenvalue weighted by molar-refractivity contribution is 14.1. The van der Waals surface area contributed by atoms with Gasteiger partial charge in [-0.1, -0.05) is 6.07 Å². The summed E-state index contributed by atoms with van der Waals surface area (Å²) in [6.45, 7) is 0. The minimum atomic E-state index is -4.32. The Balaban J connectivity index is 2.38. The highest BCUT2D eigenvalue weighted by Gasteiger charge is 2.21. The third-order valence-corrected chi connectivity index (χ3v) is 4.12. The first-order valence-corrected chi connectivity index (χ1v) is 7.52. The second-order valence-electron chi connectivity index (χ2n) is 3.57. The topological polar surface area (TPSA) is 43.4 Å². The standard InChI is InChI=1S/C12H7F2IO3S/c13-8-4-5-12(11(14)6-8)19(16,17)18-10-3-1-2-9(15)7-10/h1-7H. The Morgan fingerprint density at radius 2 is 1.79 bits per heavy atom. The second kappa shape index (κ2) is 5.41. The molecule has 0 radical (unpaired) electrons. The van der Waals surface area contributed by atoms with Crippen molar-refractivity contribution in [2.75, 3.05) is 0 Å². The molecule has 0 aliphatic carbocycles. The smallest absolute Gasteiger partial charge is 0.342 e. The van der Waals surface area contributed by atoms with Crippen LogP contribution in [-0.2, 0) is 10.1 Å². The van der Waals surface area contributed by atoms with Gasteiger partial charge in [0.15, 0.2) is 0 Å². The molecule has 0 aliphatic heterocycles. The monoisotopic (exact) mass is 396 g/mol. The van der Waals surface area contributed by atoms with E-state index >= 15 is 0 Å².